The highest BCUT2D eigenvalue weighted by Gasteiger charge is 2.33. The van der Waals surface area contributed by atoms with Crippen LogP contribution in [0.15, 0.2) is 30.3 Å². The van der Waals surface area contributed by atoms with Crippen molar-refractivity contribution in [1.82, 2.24) is 10.2 Å². The predicted molar refractivity (Wildman–Crippen MR) is 74.7 cm³/mol. The summed E-state index contributed by atoms with van der Waals surface area (Å²) in [6.07, 6.45) is 0.790. The molecule has 0 saturated carbocycles. The van der Waals surface area contributed by atoms with Gasteiger partial charge in [-0.15, -0.1) is 0 Å². The number of nitrogens with one attached hydrogen (secondary N) is 1. The van der Waals surface area contributed by atoms with Crippen molar-refractivity contribution in [2.45, 2.75) is 18.6 Å². The second-order valence-electron chi connectivity index (χ2n) is 5.19. The minimum atomic E-state index is -0.123. The highest BCUT2D eigenvalue weighted by atomic mass is 16.5. The third kappa shape index (κ3) is 3.11. The van der Waals surface area contributed by atoms with Crippen LogP contribution in [0.4, 0.5) is 0 Å². The Bertz CT molecular complexity index is 446. The summed E-state index contributed by atoms with van der Waals surface area (Å²) >= 11 is 0. The van der Waals surface area contributed by atoms with Crippen molar-refractivity contribution in [2.24, 2.45) is 0 Å². The molecule has 0 unspecified atom stereocenters. The highest BCUT2D eigenvalue weighted by molar-refractivity contribution is 5.82. The van der Waals surface area contributed by atoms with Crippen LogP contribution >= 0.6 is 0 Å². The molecule has 1 amide bonds. The number of hydrogen-bond donors (Lipinski definition) is 1. The number of rotatable bonds is 3. The van der Waals surface area contributed by atoms with E-state index in [1.54, 1.807) is 0 Å². The van der Waals surface area contributed by atoms with Crippen LogP contribution in [0.3, 0.4) is 0 Å². The van der Waals surface area contributed by atoms with E-state index in [1.165, 1.54) is 0 Å². The van der Waals surface area contributed by atoms with E-state index in [2.05, 4.69) is 5.32 Å². The third-order valence-electron chi connectivity index (χ3n) is 3.76. The monoisotopic (exact) mass is 276 g/mol. The Morgan fingerprint density at radius 2 is 2.00 bits per heavy atom. The molecule has 20 heavy (non-hydrogen) atoms. The van der Waals surface area contributed by atoms with Crippen LogP contribution in [0, 0.1) is 0 Å². The van der Waals surface area contributed by atoms with Gasteiger partial charge in [0.2, 0.25) is 5.91 Å². The minimum absolute atomic E-state index is 0.0624. The Labute approximate surface area is 118 Å². The molecular weight excluding hydrogens is 256 g/mol. The maximum atomic E-state index is 12.4. The molecule has 2 aliphatic heterocycles. The van der Waals surface area contributed by atoms with E-state index in [-0.39, 0.29) is 18.1 Å². The molecule has 2 aliphatic rings. The Balaban J connectivity index is 1.52. The lowest BCUT2D eigenvalue weighted by Gasteiger charge is -2.29. The second kappa shape index (κ2) is 6.24. The second-order valence-corrected chi connectivity index (χ2v) is 5.19. The maximum absolute atomic E-state index is 12.4. The number of carbonyl (C=O) groups is 1. The van der Waals surface area contributed by atoms with Gasteiger partial charge in [0.05, 0.1) is 19.3 Å². The van der Waals surface area contributed by atoms with Crippen LogP contribution in [0.2, 0.25) is 0 Å². The molecule has 0 spiro atoms. The number of morpholine rings is 1. The molecular formula is C15H20N2O3. The lowest BCUT2D eigenvalue weighted by atomic mass is 10.1. The molecule has 5 nitrogen and oxygen atoms in total. The van der Waals surface area contributed by atoms with Gasteiger partial charge in [0.15, 0.2) is 0 Å². The van der Waals surface area contributed by atoms with Gasteiger partial charge in [0.1, 0.15) is 11.9 Å². The number of amides is 1. The van der Waals surface area contributed by atoms with E-state index in [0.717, 1.165) is 18.7 Å². The molecule has 0 aromatic heterocycles. The minimum Gasteiger partial charge on any atom is -0.489 e. The van der Waals surface area contributed by atoms with E-state index in [9.17, 15) is 4.79 Å². The number of carbonyl (C=O) groups excluding carboxylic acids is 1. The fraction of sp³-hybridized carbons (Fsp3) is 0.533. The molecule has 5 heteroatoms. The zero-order chi connectivity index (χ0) is 13.8. The topological polar surface area (TPSA) is 50.8 Å². The number of ether oxygens (including phenoxy) is 2. The van der Waals surface area contributed by atoms with Gasteiger partial charge in [-0.05, 0) is 12.1 Å². The Hall–Kier alpha value is -1.59. The van der Waals surface area contributed by atoms with E-state index in [4.69, 9.17) is 9.47 Å². The SMILES string of the molecule is O=C([C@@H]1C[C@H](Oc2ccccc2)CN1)N1CCOCC1. The molecule has 2 heterocycles. The van der Waals surface area contributed by atoms with Gasteiger partial charge in [-0.3, -0.25) is 4.79 Å². The van der Waals surface area contributed by atoms with Crippen molar-refractivity contribution in [3.63, 3.8) is 0 Å². The number of benzene rings is 1. The zero-order valence-corrected chi connectivity index (χ0v) is 11.5. The average Bonchev–Trinajstić information content (AvgIpc) is 2.97. The number of para-hydroxylation sites is 1. The Morgan fingerprint density at radius 3 is 2.75 bits per heavy atom. The van der Waals surface area contributed by atoms with Crippen molar-refractivity contribution in [2.75, 3.05) is 32.8 Å². The van der Waals surface area contributed by atoms with Crippen molar-refractivity contribution < 1.29 is 14.3 Å². The number of hydrogen-bond acceptors (Lipinski definition) is 4. The summed E-state index contributed by atoms with van der Waals surface area (Å²) in [7, 11) is 0. The van der Waals surface area contributed by atoms with Crippen molar-refractivity contribution >= 4 is 5.91 Å². The van der Waals surface area contributed by atoms with Crippen LogP contribution in [0.1, 0.15) is 6.42 Å². The largest absolute Gasteiger partial charge is 0.489 e. The first-order chi connectivity index (χ1) is 9.83. The van der Waals surface area contributed by atoms with Crippen molar-refractivity contribution in [3.8, 4) is 5.75 Å². The van der Waals surface area contributed by atoms with Gasteiger partial charge in [0.25, 0.3) is 0 Å². The summed E-state index contributed by atoms with van der Waals surface area (Å²) in [5, 5.41) is 3.27. The molecule has 1 aromatic rings. The summed E-state index contributed by atoms with van der Waals surface area (Å²) < 4.78 is 11.2. The van der Waals surface area contributed by atoms with Crippen LogP contribution in [-0.4, -0.2) is 55.8 Å². The van der Waals surface area contributed by atoms with E-state index in [1.807, 2.05) is 35.2 Å². The van der Waals surface area contributed by atoms with Crippen LogP contribution in [0.5, 0.6) is 5.75 Å². The lowest BCUT2D eigenvalue weighted by molar-refractivity contribution is -0.137. The average molecular weight is 276 g/mol. The Morgan fingerprint density at radius 1 is 1.25 bits per heavy atom. The summed E-state index contributed by atoms with van der Waals surface area (Å²) in [6.45, 7) is 3.39. The molecule has 3 rings (SSSR count). The maximum Gasteiger partial charge on any atom is 0.240 e. The van der Waals surface area contributed by atoms with E-state index in [0.29, 0.717) is 26.3 Å². The van der Waals surface area contributed by atoms with Gasteiger partial charge in [0, 0.05) is 26.1 Å². The normalized spacial score (nSPS) is 26.5. The van der Waals surface area contributed by atoms with Gasteiger partial charge in [-0.25, -0.2) is 0 Å². The van der Waals surface area contributed by atoms with Crippen LogP contribution in [-0.2, 0) is 9.53 Å². The molecule has 1 N–H and O–H groups in total. The highest BCUT2D eigenvalue weighted by Crippen LogP contribution is 2.18. The first-order valence-electron chi connectivity index (χ1n) is 7.14. The first-order valence-corrected chi connectivity index (χ1v) is 7.14. The molecule has 2 atom stereocenters. The zero-order valence-electron chi connectivity index (χ0n) is 11.5. The summed E-state index contributed by atoms with van der Waals surface area (Å²) in [5.41, 5.74) is 0. The molecule has 108 valence electrons. The van der Waals surface area contributed by atoms with E-state index >= 15 is 0 Å². The summed E-state index contributed by atoms with van der Waals surface area (Å²) in [5.74, 6) is 1.03. The van der Waals surface area contributed by atoms with Gasteiger partial charge >= 0.3 is 0 Å². The quantitative estimate of drug-likeness (QED) is 0.881. The number of nitrogens with zero attached hydrogens (tertiary/aromatic N) is 1. The lowest BCUT2D eigenvalue weighted by Crippen LogP contribution is -2.48. The van der Waals surface area contributed by atoms with Gasteiger partial charge in [-0.2, -0.15) is 0 Å². The molecule has 0 aliphatic carbocycles. The summed E-state index contributed by atoms with van der Waals surface area (Å²) in [4.78, 5) is 14.2. The molecule has 2 saturated heterocycles. The smallest absolute Gasteiger partial charge is 0.240 e. The molecule has 0 radical (unpaired) electrons. The van der Waals surface area contributed by atoms with Crippen molar-refractivity contribution in [1.29, 1.82) is 0 Å². The van der Waals surface area contributed by atoms with Gasteiger partial charge < -0.3 is 19.7 Å². The fourth-order valence-corrected chi connectivity index (χ4v) is 2.68. The summed E-state index contributed by atoms with van der Waals surface area (Å²) in [6, 6.07) is 9.63. The molecule has 2 fully saturated rings. The van der Waals surface area contributed by atoms with Crippen LogP contribution in [0.25, 0.3) is 0 Å². The molecule has 0 bridgehead atoms. The first kappa shape index (κ1) is 13.4. The van der Waals surface area contributed by atoms with Crippen LogP contribution < -0.4 is 10.1 Å². The standard InChI is InChI=1S/C15H20N2O3/c18-15(17-6-8-19-9-7-17)14-10-13(11-16-14)20-12-4-2-1-3-5-12/h1-5,13-14,16H,6-11H2/t13-,14-/m0/s1. The third-order valence-corrected chi connectivity index (χ3v) is 3.76. The van der Waals surface area contributed by atoms with E-state index < -0.39 is 0 Å². The fourth-order valence-electron chi connectivity index (χ4n) is 2.68. The van der Waals surface area contributed by atoms with Gasteiger partial charge in [-0.1, -0.05) is 18.2 Å². The Kier molecular flexibility index (Phi) is 4.18. The van der Waals surface area contributed by atoms with Crippen molar-refractivity contribution in [3.05, 3.63) is 30.3 Å². The molecule has 1 aromatic carbocycles. The predicted octanol–water partition coefficient (Wildman–Crippen LogP) is 0.655.